The van der Waals surface area contributed by atoms with Crippen LogP contribution in [0.15, 0.2) is 48.5 Å². The molecule has 1 aliphatic heterocycles. The third kappa shape index (κ3) is 6.53. The molecule has 9 nitrogen and oxygen atoms in total. The molecule has 3 amide bonds. The van der Waals surface area contributed by atoms with Crippen molar-refractivity contribution < 1.29 is 29.0 Å². The standard InChI is InChI=1S/C24H29N3O6/c1-16-12-19(8-9-21(16)27-10-11-32-15-22(27)29)25-23(30)17(2)20(13-28)26-24(31)33-14-18-6-4-3-5-7-18/h3-9,12,17,20,28H,10-11,13-15H2,1-2H3,(H,25,30)(H,26,31)/t17-,20+/m1/s1. The van der Waals surface area contributed by atoms with Gasteiger partial charge in [0.25, 0.3) is 5.91 Å². The zero-order chi connectivity index (χ0) is 23.8. The molecule has 33 heavy (non-hydrogen) atoms. The van der Waals surface area contributed by atoms with Crippen LogP contribution in [0.25, 0.3) is 0 Å². The number of aliphatic hydroxyl groups is 1. The summed E-state index contributed by atoms with van der Waals surface area (Å²) in [5, 5.41) is 15.0. The molecule has 3 rings (SSSR count). The van der Waals surface area contributed by atoms with Gasteiger partial charge >= 0.3 is 6.09 Å². The summed E-state index contributed by atoms with van der Waals surface area (Å²) in [7, 11) is 0. The molecular formula is C24H29N3O6. The smallest absolute Gasteiger partial charge is 0.407 e. The second-order valence-corrected chi connectivity index (χ2v) is 7.87. The third-order valence-electron chi connectivity index (χ3n) is 5.47. The number of nitrogens with zero attached hydrogens (tertiary/aromatic N) is 1. The number of carbonyl (C=O) groups excluding carboxylic acids is 3. The first-order valence-electron chi connectivity index (χ1n) is 10.8. The molecule has 0 unspecified atom stereocenters. The molecule has 1 aliphatic rings. The first-order chi connectivity index (χ1) is 15.9. The van der Waals surface area contributed by atoms with Gasteiger partial charge in [-0.1, -0.05) is 37.3 Å². The minimum Gasteiger partial charge on any atom is -0.445 e. The van der Waals surface area contributed by atoms with E-state index in [0.717, 1.165) is 16.8 Å². The van der Waals surface area contributed by atoms with Gasteiger partial charge in [0, 0.05) is 17.9 Å². The van der Waals surface area contributed by atoms with Crippen molar-refractivity contribution in [3.8, 4) is 0 Å². The maximum Gasteiger partial charge on any atom is 0.407 e. The lowest BCUT2D eigenvalue weighted by Crippen LogP contribution is -2.46. The van der Waals surface area contributed by atoms with Gasteiger partial charge in [-0.2, -0.15) is 0 Å². The number of alkyl carbamates (subject to hydrolysis) is 1. The third-order valence-corrected chi connectivity index (χ3v) is 5.47. The molecule has 2 aromatic rings. The minimum atomic E-state index is -0.820. The number of ether oxygens (including phenoxy) is 2. The number of hydrogen-bond donors (Lipinski definition) is 3. The van der Waals surface area contributed by atoms with E-state index in [2.05, 4.69) is 10.6 Å². The van der Waals surface area contributed by atoms with Crippen LogP contribution in [-0.2, 0) is 25.7 Å². The van der Waals surface area contributed by atoms with Crippen LogP contribution in [0, 0.1) is 12.8 Å². The Morgan fingerprint density at radius 1 is 1.21 bits per heavy atom. The molecule has 2 atom stereocenters. The number of morpholine rings is 1. The zero-order valence-corrected chi connectivity index (χ0v) is 18.7. The molecule has 2 aromatic carbocycles. The summed E-state index contributed by atoms with van der Waals surface area (Å²) in [4.78, 5) is 38.6. The molecule has 1 saturated heterocycles. The molecule has 0 spiro atoms. The predicted octanol–water partition coefficient (Wildman–Crippen LogP) is 2.22. The fourth-order valence-electron chi connectivity index (χ4n) is 3.49. The summed E-state index contributed by atoms with van der Waals surface area (Å²) in [6.45, 7) is 4.14. The fraction of sp³-hybridized carbons (Fsp3) is 0.375. The van der Waals surface area contributed by atoms with E-state index in [4.69, 9.17) is 9.47 Å². The van der Waals surface area contributed by atoms with Crippen molar-refractivity contribution in [2.75, 3.05) is 36.6 Å². The van der Waals surface area contributed by atoms with E-state index >= 15 is 0 Å². The van der Waals surface area contributed by atoms with Gasteiger partial charge in [-0.05, 0) is 36.2 Å². The Kier molecular flexibility index (Phi) is 8.39. The highest BCUT2D eigenvalue weighted by molar-refractivity contribution is 5.97. The van der Waals surface area contributed by atoms with Crippen LogP contribution in [-0.4, -0.2) is 55.4 Å². The number of benzene rings is 2. The number of amides is 3. The summed E-state index contributed by atoms with van der Waals surface area (Å²) < 4.78 is 10.3. The minimum absolute atomic E-state index is 0.0543. The van der Waals surface area contributed by atoms with Gasteiger partial charge in [-0.25, -0.2) is 4.79 Å². The van der Waals surface area contributed by atoms with Crippen LogP contribution in [0.2, 0.25) is 0 Å². The predicted molar refractivity (Wildman–Crippen MR) is 123 cm³/mol. The molecule has 176 valence electrons. The molecule has 0 radical (unpaired) electrons. The Morgan fingerprint density at radius 3 is 2.64 bits per heavy atom. The van der Waals surface area contributed by atoms with Crippen LogP contribution >= 0.6 is 0 Å². The lowest BCUT2D eigenvalue weighted by Gasteiger charge is -2.28. The Morgan fingerprint density at radius 2 is 1.97 bits per heavy atom. The number of aryl methyl sites for hydroxylation is 1. The Bertz CT molecular complexity index is 981. The van der Waals surface area contributed by atoms with Gasteiger partial charge in [-0.3, -0.25) is 9.59 Å². The van der Waals surface area contributed by atoms with Crippen molar-refractivity contribution in [3.63, 3.8) is 0 Å². The van der Waals surface area contributed by atoms with E-state index in [1.54, 1.807) is 30.0 Å². The molecule has 0 bridgehead atoms. The maximum absolute atomic E-state index is 12.7. The van der Waals surface area contributed by atoms with E-state index in [-0.39, 0.29) is 25.0 Å². The van der Waals surface area contributed by atoms with E-state index in [9.17, 15) is 19.5 Å². The normalized spacial score (nSPS) is 15.5. The number of hydrogen-bond acceptors (Lipinski definition) is 6. The number of rotatable bonds is 8. The van der Waals surface area contributed by atoms with Crippen LogP contribution in [0.3, 0.4) is 0 Å². The monoisotopic (exact) mass is 455 g/mol. The number of anilines is 2. The highest BCUT2D eigenvalue weighted by Crippen LogP contribution is 2.25. The second kappa shape index (κ2) is 11.4. The molecule has 0 saturated carbocycles. The van der Waals surface area contributed by atoms with Gasteiger partial charge < -0.3 is 30.1 Å². The summed E-state index contributed by atoms with van der Waals surface area (Å²) >= 11 is 0. The van der Waals surface area contributed by atoms with E-state index in [1.807, 2.05) is 37.3 Å². The molecule has 3 N–H and O–H groups in total. The Hall–Kier alpha value is -3.43. The van der Waals surface area contributed by atoms with Crippen LogP contribution in [0.4, 0.5) is 16.2 Å². The molecule has 1 fully saturated rings. The maximum atomic E-state index is 12.7. The van der Waals surface area contributed by atoms with Gasteiger partial charge in [0.1, 0.15) is 13.2 Å². The van der Waals surface area contributed by atoms with Crippen LogP contribution in [0.1, 0.15) is 18.1 Å². The first kappa shape index (κ1) is 24.2. The van der Waals surface area contributed by atoms with Gasteiger partial charge in [0.15, 0.2) is 0 Å². The average Bonchev–Trinajstić information content (AvgIpc) is 2.82. The lowest BCUT2D eigenvalue weighted by molar-refractivity contribution is -0.125. The summed E-state index contributed by atoms with van der Waals surface area (Å²) in [6.07, 6.45) is -0.715. The van der Waals surface area contributed by atoms with Gasteiger partial charge in [0.05, 0.1) is 25.2 Å². The SMILES string of the molecule is Cc1cc(NC(=O)[C@H](C)[C@H](CO)NC(=O)OCc2ccccc2)ccc1N1CCOCC1=O. The van der Waals surface area contributed by atoms with Crippen molar-refractivity contribution in [2.45, 2.75) is 26.5 Å². The zero-order valence-electron chi connectivity index (χ0n) is 18.7. The topological polar surface area (TPSA) is 117 Å². The van der Waals surface area contributed by atoms with Crippen molar-refractivity contribution in [1.29, 1.82) is 0 Å². The first-order valence-corrected chi connectivity index (χ1v) is 10.8. The van der Waals surface area contributed by atoms with Crippen LogP contribution < -0.4 is 15.5 Å². The van der Waals surface area contributed by atoms with E-state index in [1.165, 1.54) is 0 Å². The molecule has 9 heteroatoms. The second-order valence-electron chi connectivity index (χ2n) is 7.87. The average molecular weight is 456 g/mol. The largest absolute Gasteiger partial charge is 0.445 e. The molecule has 0 aromatic heterocycles. The quantitative estimate of drug-likeness (QED) is 0.562. The lowest BCUT2D eigenvalue weighted by atomic mass is 10.0. The van der Waals surface area contributed by atoms with E-state index in [0.29, 0.717) is 18.8 Å². The van der Waals surface area contributed by atoms with Gasteiger partial charge in [0.2, 0.25) is 5.91 Å². The fourth-order valence-corrected chi connectivity index (χ4v) is 3.49. The highest BCUT2D eigenvalue weighted by atomic mass is 16.5. The molecular weight excluding hydrogens is 426 g/mol. The number of aliphatic hydroxyl groups excluding tert-OH is 1. The molecule has 1 heterocycles. The Labute approximate surface area is 192 Å². The summed E-state index contributed by atoms with van der Waals surface area (Å²) in [6, 6.07) is 13.6. The Balaban J connectivity index is 1.56. The summed E-state index contributed by atoms with van der Waals surface area (Å²) in [5.41, 5.74) is 2.98. The van der Waals surface area contributed by atoms with Crippen molar-refractivity contribution in [2.24, 2.45) is 5.92 Å². The van der Waals surface area contributed by atoms with Crippen molar-refractivity contribution >= 4 is 29.3 Å². The van der Waals surface area contributed by atoms with Crippen molar-refractivity contribution in [1.82, 2.24) is 5.32 Å². The highest BCUT2D eigenvalue weighted by Gasteiger charge is 2.26. The summed E-state index contributed by atoms with van der Waals surface area (Å²) in [5.74, 6) is -1.20. The van der Waals surface area contributed by atoms with Crippen LogP contribution in [0.5, 0.6) is 0 Å². The number of carbonyl (C=O) groups is 3. The molecule has 0 aliphatic carbocycles. The van der Waals surface area contributed by atoms with Crippen molar-refractivity contribution in [3.05, 3.63) is 59.7 Å². The number of nitrogens with one attached hydrogen (secondary N) is 2. The van der Waals surface area contributed by atoms with Gasteiger partial charge in [-0.15, -0.1) is 0 Å². The van der Waals surface area contributed by atoms with E-state index < -0.39 is 24.7 Å².